The van der Waals surface area contributed by atoms with Gasteiger partial charge in [-0.15, -0.1) is 12.4 Å². The van der Waals surface area contributed by atoms with E-state index in [0.717, 1.165) is 22.4 Å². The number of pyridine rings is 1. The van der Waals surface area contributed by atoms with E-state index in [1.54, 1.807) is 30.7 Å². The van der Waals surface area contributed by atoms with Crippen molar-refractivity contribution in [1.29, 1.82) is 0 Å². The fraction of sp³-hybridized carbons (Fsp3) is 0. The van der Waals surface area contributed by atoms with Crippen molar-refractivity contribution in [3.8, 4) is 22.4 Å². The molecule has 100 valence electrons. The smallest absolute Gasteiger partial charge is 0.123 e. The fourth-order valence-corrected chi connectivity index (χ4v) is 1.91. The Bertz CT molecular complexity index is 687. The molecule has 3 nitrogen and oxygen atoms in total. The van der Waals surface area contributed by atoms with Crippen molar-refractivity contribution >= 4 is 12.4 Å². The summed E-state index contributed by atoms with van der Waals surface area (Å²) in [5, 5.41) is 0. The molecule has 20 heavy (non-hydrogen) atoms. The van der Waals surface area contributed by atoms with E-state index < -0.39 is 0 Å². The molecule has 0 saturated heterocycles. The summed E-state index contributed by atoms with van der Waals surface area (Å²) in [6, 6.07) is 10.1. The maximum absolute atomic E-state index is 13.0. The molecule has 0 bridgehead atoms. The second kappa shape index (κ2) is 6.21. The molecule has 0 N–H and O–H groups in total. The number of halogens is 2. The first-order valence-electron chi connectivity index (χ1n) is 5.81. The maximum atomic E-state index is 13.0. The summed E-state index contributed by atoms with van der Waals surface area (Å²) in [6.07, 6.45) is 6.66. The molecule has 1 aromatic carbocycles. The van der Waals surface area contributed by atoms with Gasteiger partial charge in [0, 0.05) is 29.7 Å². The number of aromatic nitrogens is 3. The lowest BCUT2D eigenvalue weighted by molar-refractivity contribution is 0.628. The second-order valence-corrected chi connectivity index (χ2v) is 4.03. The van der Waals surface area contributed by atoms with Gasteiger partial charge >= 0.3 is 0 Å². The largest absolute Gasteiger partial charge is 0.265 e. The molecule has 2 aromatic heterocycles. The summed E-state index contributed by atoms with van der Waals surface area (Å²) in [5.74, 6) is -0.258. The lowest BCUT2D eigenvalue weighted by Gasteiger charge is -2.07. The first-order chi connectivity index (χ1) is 9.34. The third-order valence-electron chi connectivity index (χ3n) is 2.82. The molecule has 5 heteroatoms. The third kappa shape index (κ3) is 2.81. The summed E-state index contributed by atoms with van der Waals surface area (Å²) in [4.78, 5) is 12.4. The monoisotopic (exact) mass is 287 g/mol. The van der Waals surface area contributed by atoms with E-state index in [-0.39, 0.29) is 18.2 Å². The zero-order valence-corrected chi connectivity index (χ0v) is 11.2. The van der Waals surface area contributed by atoms with Crippen LogP contribution in [-0.4, -0.2) is 15.0 Å². The summed E-state index contributed by atoms with van der Waals surface area (Å²) in [7, 11) is 0. The van der Waals surface area contributed by atoms with E-state index in [0.29, 0.717) is 0 Å². The minimum atomic E-state index is -0.258. The molecule has 0 saturated carbocycles. The first-order valence-corrected chi connectivity index (χ1v) is 5.81. The first kappa shape index (κ1) is 14.1. The molecule has 0 radical (unpaired) electrons. The van der Waals surface area contributed by atoms with Crippen molar-refractivity contribution in [3.63, 3.8) is 0 Å². The van der Waals surface area contributed by atoms with Gasteiger partial charge in [0.05, 0.1) is 5.69 Å². The molecule has 0 aliphatic rings. The van der Waals surface area contributed by atoms with Crippen LogP contribution in [0.1, 0.15) is 0 Å². The molecule has 0 spiro atoms. The lowest BCUT2D eigenvalue weighted by Crippen LogP contribution is -1.91. The van der Waals surface area contributed by atoms with Crippen molar-refractivity contribution in [1.82, 2.24) is 15.0 Å². The van der Waals surface area contributed by atoms with Crippen LogP contribution in [0.2, 0.25) is 0 Å². The molecular weight excluding hydrogens is 277 g/mol. The van der Waals surface area contributed by atoms with Gasteiger partial charge in [-0.1, -0.05) is 12.1 Å². The van der Waals surface area contributed by atoms with E-state index in [2.05, 4.69) is 15.0 Å². The van der Waals surface area contributed by atoms with E-state index >= 15 is 0 Å². The Morgan fingerprint density at radius 1 is 0.800 bits per heavy atom. The Hall–Kier alpha value is -2.33. The van der Waals surface area contributed by atoms with Gasteiger partial charge in [0.2, 0.25) is 0 Å². The van der Waals surface area contributed by atoms with Gasteiger partial charge in [-0.3, -0.25) is 4.98 Å². The molecule has 0 atom stereocenters. The van der Waals surface area contributed by atoms with Gasteiger partial charge in [-0.2, -0.15) is 0 Å². The Balaban J connectivity index is 0.00000147. The molecular formula is C15H11ClFN3. The summed E-state index contributed by atoms with van der Waals surface area (Å²) < 4.78 is 13.0. The van der Waals surface area contributed by atoms with Gasteiger partial charge in [-0.25, -0.2) is 14.4 Å². The normalized spacial score (nSPS) is 9.85. The van der Waals surface area contributed by atoms with Crippen molar-refractivity contribution in [2.24, 2.45) is 0 Å². The van der Waals surface area contributed by atoms with Crippen LogP contribution >= 0.6 is 12.4 Å². The van der Waals surface area contributed by atoms with Crippen LogP contribution in [0.5, 0.6) is 0 Å². The highest BCUT2D eigenvalue weighted by molar-refractivity contribution is 5.85. The van der Waals surface area contributed by atoms with Crippen molar-refractivity contribution in [2.45, 2.75) is 0 Å². The molecule has 3 aromatic rings. The maximum Gasteiger partial charge on any atom is 0.123 e. The molecule has 0 unspecified atom stereocenters. The van der Waals surface area contributed by atoms with E-state index in [1.165, 1.54) is 18.5 Å². The van der Waals surface area contributed by atoms with Crippen LogP contribution < -0.4 is 0 Å². The fourth-order valence-electron chi connectivity index (χ4n) is 1.91. The van der Waals surface area contributed by atoms with Crippen LogP contribution in [-0.2, 0) is 0 Å². The zero-order chi connectivity index (χ0) is 13.1. The highest BCUT2D eigenvalue weighted by Crippen LogP contribution is 2.28. The van der Waals surface area contributed by atoms with E-state index in [4.69, 9.17) is 0 Å². The van der Waals surface area contributed by atoms with E-state index in [1.807, 2.05) is 12.1 Å². The Kier molecular flexibility index (Phi) is 4.38. The second-order valence-electron chi connectivity index (χ2n) is 4.03. The number of benzene rings is 1. The van der Waals surface area contributed by atoms with Crippen LogP contribution in [0.25, 0.3) is 22.4 Å². The minimum absolute atomic E-state index is 0. The number of hydrogen-bond acceptors (Lipinski definition) is 3. The SMILES string of the molecule is Cl.Fc1ccc(-c2cncnc2-c2ccncc2)cc1. The van der Waals surface area contributed by atoms with Gasteiger partial charge in [0.25, 0.3) is 0 Å². The quantitative estimate of drug-likeness (QED) is 0.720. The van der Waals surface area contributed by atoms with Crippen LogP contribution in [0, 0.1) is 5.82 Å². The third-order valence-corrected chi connectivity index (χ3v) is 2.82. The van der Waals surface area contributed by atoms with Gasteiger partial charge < -0.3 is 0 Å². The molecule has 0 amide bonds. The molecule has 0 aliphatic heterocycles. The van der Waals surface area contributed by atoms with Crippen LogP contribution in [0.3, 0.4) is 0 Å². The zero-order valence-electron chi connectivity index (χ0n) is 10.4. The van der Waals surface area contributed by atoms with Crippen molar-refractivity contribution < 1.29 is 4.39 Å². The predicted molar refractivity (Wildman–Crippen MR) is 77.9 cm³/mol. The summed E-state index contributed by atoms with van der Waals surface area (Å²) in [5.41, 5.74) is 3.52. The van der Waals surface area contributed by atoms with Gasteiger partial charge in [0.15, 0.2) is 0 Å². The Morgan fingerprint density at radius 3 is 2.20 bits per heavy atom. The van der Waals surface area contributed by atoms with Gasteiger partial charge in [0.1, 0.15) is 12.1 Å². The summed E-state index contributed by atoms with van der Waals surface area (Å²) in [6.45, 7) is 0. The highest BCUT2D eigenvalue weighted by Gasteiger charge is 2.08. The number of rotatable bonds is 2. The molecule has 3 rings (SSSR count). The van der Waals surface area contributed by atoms with Gasteiger partial charge in [-0.05, 0) is 29.8 Å². The lowest BCUT2D eigenvalue weighted by atomic mass is 10.0. The predicted octanol–water partition coefficient (Wildman–Crippen LogP) is 3.77. The highest BCUT2D eigenvalue weighted by atomic mass is 35.5. The van der Waals surface area contributed by atoms with Crippen LogP contribution in [0.15, 0.2) is 61.3 Å². The average molecular weight is 288 g/mol. The standard InChI is InChI=1S/C15H10FN3.ClH/c16-13-3-1-11(2-4-13)14-9-18-10-19-15(14)12-5-7-17-8-6-12;/h1-10H;1H. The van der Waals surface area contributed by atoms with Crippen molar-refractivity contribution in [2.75, 3.05) is 0 Å². The summed E-state index contributed by atoms with van der Waals surface area (Å²) >= 11 is 0. The van der Waals surface area contributed by atoms with E-state index in [9.17, 15) is 4.39 Å². The van der Waals surface area contributed by atoms with Crippen molar-refractivity contribution in [3.05, 3.63) is 67.1 Å². The topological polar surface area (TPSA) is 38.7 Å². The van der Waals surface area contributed by atoms with Crippen LogP contribution in [0.4, 0.5) is 4.39 Å². The minimum Gasteiger partial charge on any atom is -0.265 e. The number of nitrogens with zero attached hydrogens (tertiary/aromatic N) is 3. The Morgan fingerprint density at radius 2 is 1.50 bits per heavy atom. The number of hydrogen-bond donors (Lipinski definition) is 0. The molecule has 0 fully saturated rings. The Labute approximate surface area is 122 Å². The molecule has 2 heterocycles. The molecule has 0 aliphatic carbocycles. The average Bonchev–Trinajstić information content (AvgIpc) is 2.49.